The molecule has 2 rings (SSSR count). The molecule has 7 heteroatoms. The Morgan fingerprint density at radius 1 is 1.20 bits per heavy atom. The molecule has 2 N–H and O–H groups in total. The lowest BCUT2D eigenvalue weighted by Gasteiger charge is -2.33. The second-order valence-electron chi connectivity index (χ2n) is 5.79. The van der Waals surface area contributed by atoms with Gasteiger partial charge in [0.1, 0.15) is 0 Å². The number of hydrogen-bond acceptors (Lipinski definition) is 5. The maximum absolute atomic E-state index is 12.4. The van der Waals surface area contributed by atoms with Crippen molar-refractivity contribution in [3.63, 3.8) is 0 Å². The topological polar surface area (TPSA) is 72.9 Å². The summed E-state index contributed by atoms with van der Waals surface area (Å²) in [5.74, 6) is 0.543. The van der Waals surface area contributed by atoms with Gasteiger partial charge in [0, 0.05) is 52.4 Å². The van der Waals surface area contributed by atoms with Gasteiger partial charge in [-0.1, -0.05) is 0 Å². The Morgan fingerprint density at radius 3 is 2.65 bits per heavy atom. The van der Waals surface area contributed by atoms with Crippen molar-refractivity contribution in [1.82, 2.24) is 14.5 Å². The van der Waals surface area contributed by atoms with Crippen molar-refractivity contribution in [3.05, 3.63) is 0 Å². The van der Waals surface area contributed by atoms with Gasteiger partial charge in [0.15, 0.2) is 0 Å². The van der Waals surface area contributed by atoms with Gasteiger partial charge in [-0.3, -0.25) is 4.90 Å². The number of hydrogen-bond donors (Lipinski definition) is 2. The molecule has 0 amide bonds. The predicted octanol–water partition coefficient (Wildman–Crippen LogP) is -0.684. The van der Waals surface area contributed by atoms with E-state index in [-0.39, 0.29) is 12.4 Å². The average molecular weight is 305 g/mol. The first-order valence-corrected chi connectivity index (χ1v) is 9.24. The van der Waals surface area contributed by atoms with Crippen LogP contribution in [-0.2, 0) is 10.0 Å². The molecule has 2 heterocycles. The lowest BCUT2D eigenvalue weighted by Crippen LogP contribution is -2.47. The molecule has 2 fully saturated rings. The van der Waals surface area contributed by atoms with E-state index in [2.05, 4.69) is 10.2 Å². The molecule has 1 unspecified atom stereocenters. The molecule has 0 aliphatic carbocycles. The first kappa shape index (κ1) is 16.2. The summed E-state index contributed by atoms with van der Waals surface area (Å²) in [7, 11) is -3.14. The van der Waals surface area contributed by atoms with E-state index < -0.39 is 10.0 Å². The number of rotatable bonds is 6. The van der Waals surface area contributed by atoms with Crippen LogP contribution < -0.4 is 5.32 Å². The minimum absolute atomic E-state index is 0.152. The van der Waals surface area contributed by atoms with Gasteiger partial charge in [0.25, 0.3) is 0 Å². The zero-order valence-electron chi connectivity index (χ0n) is 12.1. The quantitative estimate of drug-likeness (QED) is 0.680. The number of aliphatic hydroxyl groups excluding tert-OH is 1. The molecule has 2 saturated heterocycles. The molecule has 0 aromatic rings. The largest absolute Gasteiger partial charge is 0.396 e. The lowest BCUT2D eigenvalue weighted by molar-refractivity contribution is 0.201. The summed E-state index contributed by atoms with van der Waals surface area (Å²) < 4.78 is 26.4. The van der Waals surface area contributed by atoms with Crippen LogP contribution in [0.15, 0.2) is 0 Å². The standard InChI is InChI=1S/C13H27N3O3S/c17-10-3-13-2-1-6-16(12-13)20(18,19)11-9-15-7-4-14-5-8-15/h13-14,17H,1-12H2. The molecule has 2 aliphatic heterocycles. The molecule has 0 bridgehead atoms. The molecule has 118 valence electrons. The highest BCUT2D eigenvalue weighted by Gasteiger charge is 2.28. The van der Waals surface area contributed by atoms with Crippen molar-refractivity contribution in [2.45, 2.75) is 19.3 Å². The van der Waals surface area contributed by atoms with Crippen molar-refractivity contribution in [3.8, 4) is 0 Å². The van der Waals surface area contributed by atoms with Crippen molar-refractivity contribution in [2.75, 3.05) is 58.2 Å². The predicted molar refractivity (Wildman–Crippen MR) is 79.1 cm³/mol. The zero-order chi connectivity index (χ0) is 14.4. The molecule has 0 saturated carbocycles. The summed E-state index contributed by atoms with van der Waals surface area (Å²) >= 11 is 0. The van der Waals surface area contributed by atoms with Crippen molar-refractivity contribution in [1.29, 1.82) is 0 Å². The third kappa shape index (κ3) is 4.66. The number of piperazine rings is 1. The molecule has 6 nitrogen and oxygen atoms in total. The van der Waals surface area contributed by atoms with Gasteiger partial charge in [-0.2, -0.15) is 0 Å². The van der Waals surface area contributed by atoms with E-state index in [1.165, 1.54) is 0 Å². The summed E-state index contributed by atoms with van der Waals surface area (Å²) in [4.78, 5) is 2.21. The number of piperidine rings is 1. The highest BCUT2D eigenvalue weighted by molar-refractivity contribution is 7.89. The van der Waals surface area contributed by atoms with Crippen LogP contribution in [-0.4, -0.2) is 80.9 Å². The van der Waals surface area contributed by atoms with Gasteiger partial charge in [0.05, 0.1) is 5.75 Å². The van der Waals surface area contributed by atoms with Crippen LogP contribution >= 0.6 is 0 Å². The molecule has 0 spiro atoms. The molecule has 20 heavy (non-hydrogen) atoms. The number of nitrogens with zero attached hydrogens (tertiary/aromatic N) is 2. The molecule has 0 radical (unpaired) electrons. The molecule has 2 aliphatic rings. The number of aliphatic hydroxyl groups is 1. The average Bonchev–Trinajstić information content (AvgIpc) is 2.47. The molecule has 0 aromatic carbocycles. The fourth-order valence-electron chi connectivity index (χ4n) is 3.01. The Balaban J connectivity index is 1.82. The summed E-state index contributed by atoms with van der Waals surface area (Å²) in [6, 6.07) is 0. The molecule has 0 aromatic heterocycles. The van der Waals surface area contributed by atoms with Crippen molar-refractivity contribution < 1.29 is 13.5 Å². The summed E-state index contributed by atoms with van der Waals surface area (Å²) in [5.41, 5.74) is 0. The van der Waals surface area contributed by atoms with Crippen molar-refractivity contribution >= 4 is 10.0 Å². The molecular formula is C13H27N3O3S. The number of nitrogens with one attached hydrogen (secondary N) is 1. The first-order valence-electron chi connectivity index (χ1n) is 7.63. The van der Waals surface area contributed by atoms with Gasteiger partial charge < -0.3 is 10.4 Å². The van der Waals surface area contributed by atoms with E-state index in [1.807, 2.05) is 0 Å². The van der Waals surface area contributed by atoms with E-state index in [1.54, 1.807) is 4.31 Å². The fourth-order valence-corrected chi connectivity index (χ4v) is 4.60. The summed E-state index contributed by atoms with van der Waals surface area (Å²) in [5, 5.41) is 12.3. The minimum atomic E-state index is -3.14. The second kappa shape index (κ2) is 7.70. The SMILES string of the molecule is O=S(=O)(CCN1CCNCC1)N1CCCC(CCO)C1. The van der Waals surface area contributed by atoms with Crippen LogP contribution in [0.1, 0.15) is 19.3 Å². The van der Waals surface area contributed by atoms with Crippen LogP contribution in [0.5, 0.6) is 0 Å². The first-order chi connectivity index (χ1) is 9.62. The normalized spacial score (nSPS) is 26.8. The Bertz CT molecular complexity index is 380. The van der Waals surface area contributed by atoms with E-state index in [0.29, 0.717) is 32.0 Å². The number of sulfonamides is 1. The molecule has 1 atom stereocenters. The Morgan fingerprint density at radius 2 is 1.95 bits per heavy atom. The van der Waals surface area contributed by atoms with Crippen LogP contribution in [0, 0.1) is 5.92 Å². The van der Waals surface area contributed by atoms with Crippen LogP contribution in [0.2, 0.25) is 0 Å². The second-order valence-corrected chi connectivity index (χ2v) is 7.87. The summed E-state index contributed by atoms with van der Waals surface area (Å²) in [6.07, 6.45) is 2.66. The zero-order valence-corrected chi connectivity index (χ0v) is 12.9. The maximum Gasteiger partial charge on any atom is 0.215 e. The smallest absolute Gasteiger partial charge is 0.215 e. The van der Waals surface area contributed by atoms with E-state index >= 15 is 0 Å². The van der Waals surface area contributed by atoms with Crippen LogP contribution in [0.25, 0.3) is 0 Å². The lowest BCUT2D eigenvalue weighted by atomic mass is 9.97. The van der Waals surface area contributed by atoms with E-state index in [9.17, 15) is 8.42 Å². The third-order valence-corrected chi connectivity index (χ3v) is 6.10. The van der Waals surface area contributed by atoms with E-state index in [0.717, 1.165) is 39.0 Å². The minimum Gasteiger partial charge on any atom is -0.396 e. The van der Waals surface area contributed by atoms with Gasteiger partial charge in [0.2, 0.25) is 10.0 Å². The van der Waals surface area contributed by atoms with Gasteiger partial charge in [-0.15, -0.1) is 0 Å². The maximum atomic E-state index is 12.4. The van der Waals surface area contributed by atoms with E-state index in [4.69, 9.17) is 5.11 Å². The highest BCUT2D eigenvalue weighted by Crippen LogP contribution is 2.21. The third-order valence-electron chi connectivity index (χ3n) is 4.29. The Labute approximate surface area is 122 Å². The Hall–Kier alpha value is -0.210. The monoisotopic (exact) mass is 305 g/mol. The van der Waals surface area contributed by atoms with Crippen LogP contribution in [0.4, 0.5) is 0 Å². The Kier molecular flexibility index (Phi) is 6.22. The van der Waals surface area contributed by atoms with Crippen LogP contribution in [0.3, 0.4) is 0 Å². The van der Waals surface area contributed by atoms with Gasteiger partial charge in [-0.25, -0.2) is 12.7 Å². The fraction of sp³-hybridized carbons (Fsp3) is 1.00. The van der Waals surface area contributed by atoms with Gasteiger partial charge in [-0.05, 0) is 25.2 Å². The summed E-state index contributed by atoms with van der Waals surface area (Å²) in [6.45, 7) is 5.77. The van der Waals surface area contributed by atoms with Gasteiger partial charge >= 0.3 is 0 Å². The molecular weight excluding hydrogens is 278 g/mol. The van der Waals surface area contributed by atoms with Crippen molar-refractivity contribution in [2.24, 2.45) is 5.92 Å². The highest BCUT2D eigenvalue weighted by atomic mass is 32.2.